The number of aromatic nitrogens is 3. The summed E-state index contributed by atoms with van der Waals surface area (Å²) < 4.78 is 22.6. The summed E-state index contributed by atoms with van der Waals surface area (Å²) in [6.45, 7) is 8.35. The average molecular weight is 613 g/mol. The monoisotopic (exact) mass is 612 g/mol. The first-order chi connectivity index (χ1) is 21.9. The third kappa shape index (κ3) is 6.36. The Morgan fingerprint density at radius 3 is 2.36 bits per heavy atom. The van der Waals surface area contributed by atoms with Crippen LogP contribution in [0.5, 0.6) is 5.75 Å². The van der Waals surface area contributed by atoms with Crippen molar-refractivity contribution in [1.82, 2.24) is 15.0 Å². The number of morpholine rings is 2. The maximum atomic E-state index is 13.0. The predicted molar refractivity (Wildman–Crippen MR) is 174 cm³/mol. The molecule has 2 aliphatic heterocycles. The quantitative estimate of drug-likeness (QED) is 0.263. The third-order valence-electron chi connectivity index (χ3n) is 8.32. The minimum absolute atomic E-state index is 0.0681. The number of carbonyl (C=O) groups excluding carboxylic acids is 1. The van der Waals surface area contributed by atoms with Gasteiger partial charge in [-0.05, 0) is 49.7 Å². The molecule has 2 aliphatic rings. The van der Waals surface area contributed by atoms with E-state index in [2.05, 4.69) is 23.6 Å². The van der Waals surface area contributed by atoms with E-state index >= 15 is 0 Å². The Kier molecular flexibility index (Phi) is 8.99. The van der Waals surface area contributed by atoms with Gasteiger partial charge in [-0.15, -0.1) is 0 Å². The van der Waals surface area contributed by atoms with E-state index in [4.69, 9.17) is 33.9 Å². The largest absolute Gasteiger partial charge is 0.495 e. The van der Waals surface area contributed by atoms with Crippen LogP contribution in [0.2, 0.25) is 0 Å². The van der Waals surface area contributed by atoms with Gasteiger partial charge in [0, 0.05) is 38.8 Å². The van der Waals surface area contributed by atoms with Crippen molar-refractivity contribution in [2.45, 2.75) is 32.1 Å². The topological polar surface area (TPSA) is 102 Å². The van der Waals surface area contributed by atoms with E-state index in [1.54, 1.807) is 7.11 Å². The number of fused-ring (bicyclic) bond motifs is 1. The first-order valence-corrected chi connectivity index (χ1v) is 15.3. The van der Waals surface area contributed by atoms with E-state index in [-0.39, 0.29) is 18.2 Å². The van der Waals surface area contributed by atoms with Crippen LogP contribution >= 0.6 is 0 Å². The summed E-state index contributed by atoms with van der Waals surface area (Å²) in [7, 11) is 4.88. The number of carbonyl (C=O) groups is 1. The highest BCUT2D eigenvalue weighted by Crippen LogP contribution is 2.38. The molecule has 2 aromatic carbocycles. The second kappa shape index (κ2) is 13.3. The number of hydrogen-bond acceptors (Lipinski definition) is 11. The lowest BCUT2D eigenvalue weighted by Gasteiger charge is -2.36. The van der Waals surface area contributed by atoms with E-state index in [0.717, 1.165) is 46.8 Å². The number of pyridine rings is 1. The fraction of sp³-hybridized carbons (Fsp3) is 0.412. The van der Waals surface area contributed by atoms with Gasteiger partial charge in [0.15, 0.2) is 11.7 Å². The molecule has 2 fully saturated rings. The fourth-order valence-corrected chi connectivity index (χ4v) is 6.17. The SMILES string of the molecule is COC(=O)C(c1ccccc1)N(C)c1cc(-c2ccc3c(N4CCOCC4)nc(N4CC(C)OC(C)C4)nc3n2)ccc1OC. The van der Waals surface area contributed by atoms with Gasteiger partial charge in [-0.3, -0.25) is 0 Å². The number of likely N-dealkylation sites (N-methyl/N-ethyl adjacent to an activating group) is 1. The Morgan fingerprint density at radius 1 is 0.933 bits per heavy atom. The molecule has 0 amide bonds. The van der Waals surface area contributed by atoms with Gasteiger partial charge in [-0.1, -0.05) is 30.3 Å². The fourth-order valence-electron chi connectivity index (χ4n) is 6.17. The molecule has 11 heteroatoms. The number of rotatable bonds is 8. The van der Waals surface area contributed by atoms with Gasteiger partial charge in [0.2, 0.25) is 5.95 Å². The zero-order chi connectivity index (χ0) is 31.5. The van der Waals surface area contributed by atoms with Crippen LogP contribution in [0, 0.1) is 0 Å². The first-order valence-electron chi connectivity index (χ1n) is 15.3. The molecule has 0 aliphatic carbocycles. The second-order valence-electron chi connectivity index (χ2n) is 11.5. The molecule has 0 spiro atoms. The molecule has 0 N–H and O–H groups in total. The molecule has 6 rings (SSSR count). The molecule has 2 saturated heterocycles. The molecule has 2 aromatic heterocycles. The lowest BCUT2D eigenvalue weighted by Crippen LogP contribution is -2.46. The summed E-state index contributed by atoms with van der Waals surface area (Å²) in [6, 6.07) is 18.8. The highest BCUT2D eigenvalue weighted by Gasteiger charge is 2.29. The van der Waals surface area contributed by atoms with Crippen molar-refractivity contribution < 1.29 is 23.7 Å². The van der Waals surface area contributed by atoms with Crippen LogP contribution in [0.1, 0.15) is 25.5 Å². The molecule has 3 unspecified atom stereocenters. The van der Waals surface area contributed by atoms with Crippen LogP contribution in [0.15, 0.2) is 60.7 Å². The van der Waals surface area contributed by atoms with Gasteiger partial charge in [-0.2, -0.15) is 9.97 Å². The van der Waals surface area contributed by atoms with Crippen molar-refractivity contribution >= 4 is 34.5 Å². The normalized spacial score (nSPS) is 19.3. The molecule has 236 valence electrons. The van der Waals surface area contributed by atoms with E-state index in [1.807, 2.05) is 72.6 Å². The molecule has 4 aromatic rings. The van der Waals surface area contributed by atoms with Gasteiger partial charge in [0.1, 0.15) is 11.6 Å². The minimum Gasteiger partial charge on any atom is -0.495 e. The summed E-state index contributed by atoms with van der Waals surface area (Å²) in [6.07, 6.45) is 0.136. The Hall–Kier alpha value is -4.48. The summed E-state index contributed by atoms with van der Waals surface area (Å²) in [4.78, 5) is 34.5. The van der Waals surface area contributed by atoms with Crippen molar-refractivity contribution in [2.24, 2.45) is 0 Å². The number of ether oxygens (including phenoxy) is 4. The number of nitrogens with zero attached hydrogens (tertiary/aromatic N) is 6. The zero-order valence-electron chi connectivity index (χ0n) is 26.5. The van der Waals surface area contributed by atoms with Crippen molar-refractivity contribution in [3.63, 3.8) is 0 Å². The van der Waals surface area contributed by atoms with Crippen LogP contribution in [0.25, 0.3) is 22.3 Å². The standard InChI is InChI=1S/C34H40N6O5/c1-22-20-40(21-23(2)45-22)34-36-31-26(32(37-34)39-15-17-44-18-16-39)12-13-27(35-31)25-11-14-29(42-4)28(19-25)38(3)30(33(41)43-5)24-9-7-6-8-10-24/h6-14,19,22-23,30H,15-18,20-21H2,1-5H3. The van der Waals surface area contributed by atoms with Crippen LogP contribution in [-0.2, 0) is 19.0 Å². The van der Waals surface area contributed by atoms with Gasteiger partial charge >= 0.3 is 5.97 Å². The molecule has 4 heterocycles. The van der Waals surface area contributed by atoms with Crippen LogP contribution in [0.4, 0.5) is 17.5 Å². The summed E-state index contributed by atoms with van der Waals surface area (Å²) in [5.41, 5.74) is 3.76. The summed E-state index contributed by atoms with van der Waals surface area (Å²) in [5, 5.41) is 0.888. The Morgan fingerprint density at radius 2 is 1.67 bits per heavy atom. The van der Waals surface area contributed by atoms with Crippen molar-refractivity contribution in [2.75, 3.05) is 75.4 Å². The maximum absolute atomic E-state index is 13.0. The molecule has 45 heavy (non-hydrogen) atoms. The summed E-state index contributed by atoms with van der Waals surface area (Å²) >= 11 is 0. The Labute approximate surface area is 263 Å². The highest BCUT2D eigenvalue weighted by molar-refractivity contribution is 5.90. The molecular weight excluding hydrogens is 572 g/mol. The van der Waals surface area contributed by atoms with Crippen LogP contribution in [-0.4, -0.2) is 93.8 Å². The molecule has 11 nitrogen and oxygen atoms in total. The number of hydrogen-bond donors (Lipinski definition) is 0. The molecule has 3 atom stereocenters. The third-order valence-corrected chi connectivity index (χ3v) is 8.32. The van der Waals surface area contributed by atoms with Gasteiger partial charge in [0.05, 0.1) is 56.4 Å². The molecular formula is C34H40N6O5. The van der Waals surface area contributed by atoms with Gasteiger partial charge in [-0.25, -0.2) is 9.78 Å². The second-order valence-corrected chi connectivity index (χ2v) is 11.5. The number of methoxy groups -OCH3 is 2. The van der Waals surface area contributed by atoms with Gasteiger partial charge < -0.3 is 33.6 Å². The van der Waals surface area contributed by atoms with Crippen LogP contribution < -0.4 is 19.4 Å². The van der Waals surface area contributed by atoms with E-state index in [1.165, 1.54) is 7.11 Å². The van der Waals surface area contributed by atoms with Crippen LogP contribution in [0.3, 0.4) is 0 Å². The lowest BCUT2D eigenvalue weighted by atomic mass is 10.0. The molecule has 0 bridgehead atoms. The van der Waals surface area contributed by atoms with E-state index in [9.17, 15) is 4.79 Å². The predicted octanol–water partition coefficient (Wildman–Crippen LogP) is 4.50. The highest BCUT2D eigenvalue weighted by atomic mass is 16.5. The summed E-state index contributed by atoms with van der Waals surface area (Å²) in [5.74, 6) is 1.77. The first kappa shape index (κ1) is 30.5. The van der Waals surface area contributed by atoms with Gasteiger partial charge in [0.25, 0.3) is 0 Å². The van der Waals surface area contributed by atoms with Crippen molar-refractivity contribution in [1.29, 1.82) is 0 Å². The lowest BCUT2D eigenvalue weighted by molar-refractivity contribution is -0.142. The number of anilines is 3. The maximum Gasteiger partial charge on any atom is 0.333 e. The van der Waals surface area contributed by atoms with Crippen molar-refractivity contribution in [3.05, 3.63) is 66.2 Å². The average Bonchev–Trinajstić information content (AvgIpc) is 3.07. The zero-order valence-corrected chi connectivity index (χ0v) is 26.5. The molecule has 0 saturated carbocycles. The Balaban J connectivity index is 1.43. The number of esters is 1. The Bertz CT molecular complexity index is 1640. The smallest absolute Gasteiger partial charge is 0.333 e. The van der Waals surface area contributed by atoms with Crippen molar-refractivity contribution in [3.8, 4) is 17.0 Å². The number of benzene rings is 2. The minimum atomic E-state index is -0.672. The molecule has 0 radical (unpaired) electrons. The van der Waals surface area contributed by atoms with E-state index < -0.39 is 6.04 Å². The van der Waals surface area contributed by atoms with E-state index in [0.29, 0.717) is 43.6 Å².